The molecule has 1 saturated heterocycles. The molecule has 0 radical (unpaired) electrons. The first-order valence-electron chi connectivity index (χ1n) is 5.44. The summed E-state index contributed by atoms with van der Waals surface area (Å²) in [5, 5.41) is 2.96. The molecule has 1 N–H and O–H groups in total. The van der Waals surface area contributed by atoms with E-state index < -0.39 is 0 Å². The highest BCUT2D eigenvalue weighted by Gasteiger charge is 2.29. The Hall–Kier alpha value is -1.31. The van der Waals surface area contributed by atoms with Crippen molar-refractivity contribution in [2.24, 2.45) is 0 Å². The molecule has 1 fully saturated rings. The van der Waals surface area contributed by atoms with E-state index in [4.69, 9.17) is 0 Å². The molecule has 1 heterocycles. The molecule has 80 valence electrons. The van der Waals surface area contributed by atoms with Gasteiger partial charge in [-0.15, -0.1) is 0 Å². The normalized spacial score (nSPS) is 25.4. The molecule has 1 amide bonds. The predicted octanol–water partition coefficient (Wildman–Crippen LogP) is 2.30. The fourth-order valence-electron chi connectivity index (χ4n) is 2.19. The van der Waals surface area contributed by atoms with Gasteiger partial charge in [-0.3, -0.25) is 4.79 Å². The van der Waals surface area contributed by atoms with E-state index in [1.54, 1.807) is 0 Å². The van der Waals surface area contributed by atoms with E-state index in [1.165, 1.54) is 16.7 Å². The van der Waals surface area contributed by atoms with Gasteiger partial charge < -0.3 is 5.32 Å². The van der Waals surface area contributed by atoms with Crippen molar-refractivity contribution in [2.75, 3.05) is 0 Å². The summed E-state index contributed by atoms with van der Waals surface area (Å²) in [5.74, 6) is 0.516. The van der Waals surface area contributed by atoms with Gasteiger partial charge in [0.1, 0.15) is 0 Å². The molecule has 1 aromatic carbocycles. The van der Waals surface area contributed by atoms with Crippen LogP contribution in [0.3, 0.4) is 0 Å². The number of rotatable bonds is 1. The van der Waals surface area contributed by atoms with Crippen LogP contribution in [0, 0.1) is 13.8 Å². The Kier molecular flexibility index (Phi) is 2.51. The molecule has 1 aliphatic rings. The van der Waals surface area contributed by atoms with Crippen molar-refractivity contribution in [3.63, 3.8) is 0 Å². The van der Waals surface area contributed by atoms with Crippen molar-refractivity contribution in [1.82, 2.24) is 5.32 Å². The summed E-state index contributed by atoms with van der Waals surface area (Å²) >= 11 is 0. The van der Waals surface area contributed by atoms with Crippen LogP contribution in [0.4, 0.5) is 0 Å². The molecule has 2 atom stereocenters. The van der Waals surface area contributed by atoms with Gasteiger partial charge in [0, 0.05) is 18.4 Å². The van der Waals surface area contributed by atoms with E-state index in [2.05, 4.69) is 44.3 Å². The second kappa shape index (κ2) is 3.69. The third kappa shape index (κ3) is 1.89. The lowest BCUT2D eigenvalue weighted by Crippen LogP contribution is -2.24. The monoisotopic (exact) mass is 203 g/mol. The second-order valence-corrected chi connectivity index (χ2v) is 4.51. The molecular weight excluding hydrogens is 186 g/mol. The molecule has 2 rings (SSSR count). The van der Waals surface area contributed by atoms with E-state index in [1.807, 2.05) is 0 Å². The van der Waals surface area contributed by atoms with Gasteiger partial charge >= 0.3 is 0 Å². The zero-order chi connectivity index (χ0) is 11.0. The zero-order valence-corrected chi connectivity index (χ0v) is 9.50. The fourth-order valence-corrected chi connectivity index (χ4v) is 2.19. The molecule has 0 spiro atoms. The summed E-state index contributed by atoms with van der Waals surface area (Å²) in [7, 11) is 0. The summed E-state index contributed by atoms with van der Waals surface area (Å²) < 4.78 is 0. The van der Waals surface area contributed by atoms with Crippen LogP contribution in [0.15, 0.2) is 18.2 Å². The van der Waals surface area contributed by atoms with E-state index in [0.717, 1.165) is 0 Å². The molecule has 0 saturated carbocycles. The van der Waals surface area contributed by atoms with E-state index >= 15 is 0 Å². The third-order valence-corrected chi connectivity index (χ3v) is 3.36. The molecule has 1 aliphatic heterocycles. The summed E-state index contributed by atoms with van der Waals surface area (Å²) in [4.78, 5) is 11.3. The Morgan fingerprint density at radius 1 is 1.27 bits per heavy atom. The van der Waals surface area contributed by atoms with Gasteiger partial charge in [-0.05, 0) is 37.5 Å². The van der Waals surface area contributed by atoms with E-state index in [0.29, 0.717) is 12.3 Å². The molecule has 0 aromatic heterocycles. The molecule has 2 heteroatoms. The molecule has 15 heavy (non-hydrogen) atoms. The van der Waals surface area contributed by atoms with Crippen molar-refractivity contribution in [3.05, 3.63) is 34.9 Å². The number of nitrogens with one attached hydrogen (secondary N) is 1. The molecule has 0 aliphatic carbocycles. The minimum atomic E-state index is 0.172. The number of carbonyl (C=O) groups is 1. The molecule has 1 aromatic rings. The Morgan fingerprint density at radius 2 is 2.00 bits per heavy atom. The molecule has 0 bridgehead atoms. The van der Waals surface area contributed by atoms with Crippen LogP contribution in [0.1, 0.15) is 36.0 Å². The first-order chi connectivity index (χ1) is 7.08. The second-order valence-electron chi connectivity index (χ2n) is 4.51. The van der Waals surface area contributed by atoms with Gasteiger partial charge in [-0.25, -0.2) is 0 Å². The van der Waals surface area contributed by atoms with Gasteiger partial charge in [0.2, 0.25) is 5.91 Å². The Balaban J connectivity index is 2.30. The van der Waals surface area contributed by atoms with Gasteiger partial charge in [0.15, 0.2) is 0 Å². The number of benzene rings is 1. The standard InChI is InChI=1S/C13H17NO/c1-8-4-5-11(6-9(8)2)12-7-13(15)14-10(12)3/h4-6,10,12H,7H2,1-3H3,(H,14,15). The summed E-state index contributed by atoms with van der Waals surface area (Å²) in [6.07, 6.45) is 0.629. The third-order valence-electron chi connectivity index (χ3n) is 3.36. The predicted molar refractivity (Wildman–Crippen MR) is 60.9 cm³/mol. The minimum absolute atomic E-state index is 0.172. The number of hydrogen-bond acceptors (Lipinski definition) is 1. The molecule has 2 unspecified atom stereocenters. The lowest BCUT2D eigenvalue weighted by Gasteiger charge is -2.15. The van der Waals surface area contributed by atoms with E-state index in [9.17, 15) is 4.79 Å². The number of amides is 1. The van der Waals surface area contributed by atoms with Crippen molar-refractivity contribution < 1.29 is 4.79 Å². The Bertz CT molecular complexity index is 398. The van der Waals surface area contributed by atoms with Crippen molar-refractivity contribution >= 4 is 5.91 Å². The van der Waals surface area contributed by atoms with Crippen LogP contribution in [0.5, 0.6) is 0 Å². The SMILES string of the molecule is Cc1ccc(C2CC(=O)NC2C)cc1C. The summed E-state index contributed by atoms with van der Waals surface area (Å²) in [5.41, 5.74) is 3.90. The van der Waals surface area contributed by atoms with Crippen LogP contribution in [0.2, 0.25) is 0 Å². The van der Waals surface area contributed by atoms with Crippen molar-refractivity contribution in [3.8, 4) is 0 Å². The van der Waals surface area contributed by atoms with E-state index in [-0.39, 0.29) is 11.9 Å². The van der Waals surface area contributed by atoms with Gasteiger partial charge in [-0.2, -0.15) is 0 Å². The minimum Gasteiger partial charge on any atom is -0.353 e. The lowest BCUT2D eigenvalue weighted by atomic mass is 9.91. The highest BCUT2D eigenvalue weighted by atomic mass is 16.1. The van der Waals surface area contributed by atoms with Gasteiger partial charge in [-0.1, -0.05) is 18.2 Å². The van der Waals surface area contributed by atoms with Crippen LogP contribution >= 0.6 is 0 Å². The average Bonchev–Trinajstić information content (AvgIpc) is 2.50. The number of hydrogen-bond donors (Lipinski definition) is 1. The van der Waals surface area contributed by atoms with Gasteiger partial charge in [0.05, 0.1) is 0 Å². The molecular formula is C13H17NO. The molecule has 2 nitrogen and oxygen atoms in total. The van der Waals surface area contributed by atoms with Crippen LogP contribution < -0.4 is 5.32 Å². The first kappa shape index (κ1) is 10.2. The maximum absolute atomic E-state index is 11.3. The maximum atomic E-state index is 11.3. The quantitative estimate of drug-likeness (QED) is 0.745. The lowest BCUT2D eigenvalue weighted by molar-refractivity contribution is -0.119. The van der Waals surface area contributed by atoms with Crippen molar-refractivity contribution in [2.45, 2.75) is 39.2 Å². The smallest absolute Gasteiger partial charge is 0.220 e. The number of aryl methyl sites for hydroxylation is 2. The topological polar surface area (TPSA) is 29.1 Å². The number of carbonyl (C=O) groups excluding carboxylic acids is 1. The Morgan fingerprint density at radius 3 is 2.53 bits per heavy atom. The summed E-state index contributed by atoms with van der Waals surface area (Å²) in [6.45, 7) is 6.30. The van der Waals surface area contributed by atoms with Crippen LogP contribution in [-0.4, -0.2) is 11.9 Å². The van der Waals surface area contributed by atoms with Crippen LogP contribution in [-0.2, 0) is 4.79 Å². The first-order valence-corrected chi connectivity index (χ1v) is 5.44. The van der Waals surface area contributed by atoms with Crippen molar-refractivity contribution in [1.29, 1.82) is 0 Å². The zero-order valence-electron chi connectivity index (χ0n) is 9.50. The van der Waals surface area contributed by atoms with Crippen LogP contribution in [0.25, 0.3) is 0 Å². The highest BCUT2D eigenvalue weighted by Crippen LogP contribution is 2.29. The largest absolute Gasteiger partial charge is 0.353 e. The summed E-state index contributed by atoms with van der Waals surface area (Å²) in [6, 6.07) is 6.75. The Labute approximate surface area is 90.7 Å². The maximum Gasteiger partial charge on any atom is 0.220 e. The average molecular weight is 203 g/mol. The highest BCUT2D eigenvalue weighted by molar-refractivity contribution is 5.80. The van der Waals surface area contributed by atoms with Gasteiger partial charge in [0.25, 0.3) is 0 Å². The fraction of sp³-hybridized carbons (Fsp3) is 0.462.